The SMILES string of the molecule is CC(CC(=O)N(CCN)C1CCCC1)CC(C)(C)C. The number of hydrogen-bond acceptors (Lipinski definition) is 2. The van der Waals surface area contributed by atoms with E-state index in [4.69, 9.17) is 5.73 Å². The molecule has 19 heavy (non-hydrogen) atoms. The van der Waals surface area contributed by atoms with E-state index in [9.17, 15) is 4.79 Å². The van der Waals surface area contributed by atoms with Gasteiger partial charge in [-0.05, 0) is 30.6 Å². The predicted octanol–water partition coefficient (Wildman–Crippen LogP) is 3.18. The van der Waals surface area contributed by atoms with Crippen molar-refractivity contribution in [3.05, 3.63) is 0 Å². The minimum Gasteiger partial charge on any atom is -0.338 e. The highest BCUT2D eigenvalue weighted by atomic mass is 16.2. The van der Waals surface area contributed by atoms with Crippen molar-refractivity contribution in [1.82, 2.24) is 4.90 Å². The molecule has 1 fully saturated rings. The van der Waals surface area contributed by atoms with E-state index in [1.54, 1.807) is 0 Å². The van der Waals surface area contributed by atoms with Crippen molar-refractivity contribution in [1.29, 1.82) is 0 Å². The fourth-order valence-electron chi connectivity index (χ4n) is 3.40. The highest BCUT2D eigenvalue weighted by molar-refractivity contribution is 5.76. The van der Waals surface area contributed by atoms with Gasteiger partial charge in [0.05, 0.1) is 0 Å². The van der Waals surface area contributed by atoms with Gasteiger partial charge in [-0.15, -0.1) is 0 Å². The molecule has 1 unspecified atom stereocenters. The Hall–Kier alpha value is -0.570. The summed E-state index contributed by atoms with van der Waals surface area (Å²) >= 11 is 0. The highest BCUT2D eigenvalue weighted by Crippen LogP contribution is 2.28. The fourth-order valence-corrected chi connectivity index (χ4v) is 3.40. The van der Waals surface area contributed by atoms with Gasteiger partial charge in [-0.1, -0.05) is 40.5 Å². The summed E-state index contributed by atoms with van der Waals surface area (Å²) in [6.07, 6.45) is 6.62. The molecular weight excluding hydrogens is 236 g/mol. The summed E-state index contributed by atoms with van der Waals surface area (Å²) in [5.41, 5.74) is 5.97. The Morgan fingerprint density at radius 2 is 1.89 bits per heavy atom. The quantitative estimate of drug-likeness (QED) is 0.804. The van der Waals surface area contributed by atoms with Crippen molar-refractivity contribution >= 4 is 5.91 Å². The topological polar surface area (TPSA) is 46.3 Å². The zero-order valence-corrected chi connectivity index (χ0v) is 13.2. The van der Waals surface area contributed by atoms with Crippen LogP contribution < -0.4 is 5.73 Å². The van der Waals surface area contributed by atoms with Crippen molar-refractivity contribution in [3.8, 4) is 0 Å². The van der Waals surface area contributed by atoms with E-state index in [0.717, 1.165) is 13.0 Å². The number of nitrogens with zero attached hydrogens (tertiary/aromatic N) is 1. The number of nitrogens with two attached hydrogens (primary N) is 1. The Morgan fingerprint density at radius 3 is 2.37 bits per heavy atom. The molecule has 1 amide bonds. The molecule has 0 aromatic heterocycles. The maximum absolute atomic E-state index is 12.5. The first-order chi connectivity index (χ1) is 8.83. The van der Waals surface area contributed by atoms with Gasteiger partial charge in [-0.3, -0.25) is 4.79 Å². The van der Waals surface area contributed by atoms with Crippen molar-refractivity contribution in [3.63, 3.8) is 0 Å². The molecule has 3 heteroatoms. The second-order valence-electron chi connectivity index (χ2n) is 7.39. The van der Waals surface area contributed by atoms with Crippen LogP contribution in [-0.2, 0) is 4.79 Å². The first-order valence-corrected chi connectivity index (χ1v) is 7.83. The lowest BCUT2D eigenvalue weighted by Gasteiger charge is -2.31. The zero-order chi connectivity index (χ0) is 14.5. The molecule has 112 valence electrons. The van der Waals surface area contributed by atoms with Crippen LogP contribution >= 0.6 is 0 Å². The van der Waals surface area contributed by atoms with Gasteiger partial charge in [0.1, 0.15) is 0 Å². The third-order valence-corrected chi connectivity index (χ3v) is 3.94. The normalized spacial score (nSPS) is 18.6. The zero-order valence-electron chi connectivity index (χ0n) is 13.2. The summed E-state index contributed by atoms with van der Waals surface area (Å²) in [6.45, 7) is 10.2. The van der Waals surface area contributed by atoms with Gasteiger partial charge < -0.3 is 10.6 Å². The molecule has 0 heterocycles. The molecule has 1 aliphatic rings. The molecule has 1 aliphatic carbocycles. The number of carbonyl (C=O) groups is 1. The van der Waals surface area contributed by atoms with E-state index >= 15 is 0 Å². The first-order valence-electron chi connectivity index (χ1n) is 7.83. The molecule has 1 atom stereocenters. The maximum atomic E-state index is 12.5. The van der Waals surface area contributed by atoms with Crippen LogP contribution in [-0.4, -0.2) is 29.9 Å². The average molecular weight is 268 g/mol. The fraction of sp³-hybridized carbons (Fsp3) is 0.938. The lowest BCUT2D eigenvalue weighted by molar-refractivity contribution is -0.134. The smallest absolute Gasteiger partial charge is 0.223 e. The van der Waals surface area contributed by atoms with E-state index in [1.165, 1.54) is 25.7 Å². The second kappa shape index (κ2) is 7.28. The van der Waals surface area contributed by atoms with Crippen LogP contribution in [0, 0.1) is 11.3 Å². The van der Waals surface area contributed by atoms with E-state index < -0.39 is 0 Å². The minimum absolute atomic E-state index is 0.297. The monoisotopic (exact) mass is 268 g/mol. The van der Waals surface area contributed by atoms with E-state index in [1.807, 2.05) is 0 Å². The van der Waals surface area contributed by atoms with Crippen LogP contribution in [0.15, 0.2) is 0 Å². The van der Waals surface area contributed by atoms with Crippen molar-refractivity contribution in [2.75, 3.05) is 13.1 Å². The number of carbonyl (C=O) groups excluding carboxylic acids is 1. The summed E-state index contributed by atoms with van der Waals surface area (Å²) in [6, 6.07) is 0.456. The molecule has 0 spiro atoms. The minimum atomic E-state index is 0.297. The number of rotatable bonds is 6. The van der Waals surface area contributed by atoms with Crippen LogP contribution in [0.2, 0.25) is 0 Å². The standard InChI is InChI=1S/C16H32N2O/c1-13(12-16(2,3)4)11-15(19)18(10-9-17)14-7-5-6-8-14/h13-14H,5-12,17H2,1-4H3. The molecule has 2 N–H and O–H groups in total. The Balaban J connectivity index is 2.51. The van der Waals surface area contributed by atoms with Crippen LogP contribution in [0.3, 0.4) is 0 Å². The largest absolute Gasteiger partial charge is 0.338 e. The summed E-state index contributed by atoms with van der Waals surface area (Å²) in [4.78, 5) is 14.5. The summed E-state index contributed by atoms with van der Waals surface area (Å²) in [7, 11) is 0. The van der Waals surface area contributed by atoms with E-state index in [0.29, 0.717) is 36.2 Å². The summed E-state index contributed by atoms with van der Waals surface area (Å²) < 4.78 is 0. The lowest BCUT2D eigenvalue weighted by atomic mass is 9.84. The van der Waals surface area contributed by atoms with Crippen LogP contribution in [0.4, 0.5) is 0 Å². The van der Waals surface area contributed by atoms with Crippen LogP contribution in [0.5, 0.6) is 0 Å². The Kier molecular flexibility index (Phi) is 6.31. The highest BCUT2D eigenvalue weighted by Gasteiger charge is 2.27. The van der Waals surface area contributed by atoms with Gasteiger partial charge >= 0.3 is 0 Å². The molecule has 0 bridgehead atoms. The molecule has 0 aliphatic heterocycles. The molecule has 0 aromatic carbocycles. The van der Waals surface area contributed by atoms with Gasteiger partial charge in [-0.25, -0.2) is 0 Å². The van der Waals surface area contributed by atoms with Gasteiger partial charge in [0.25, 0.3) is 0 Å². The molecular formula is C16H32N2O. The molecule has 1 rings (SSSR count). The number of hydrogen-bond donors (Lipinski definition) is 1. The Morgan fingerprint density at radius 1 is 1.32 bits per heavy atom. The van der Waals surface area contributed by atoms with Gasteiger partial charge in [0, 0.05) is 25.6 Å². The van der Waals surface area contributed by atoms with Crippen LogP contribution in [0.1, 0.15) is 66.2 Å². The van der Waals surface area contributed by atoms with Crippen molar-refractivity contribution in [2.45, 2.75) is 72.3 Å². The molecule has 0 aromatic rings. The van der Waals surface area contributed by atoms with Gasteiger partial charge in [-0.2, -0.15) is 0 Å². The molecule has 0 saturated heterocycles. The Labute approximate surface area is 118 Å². The van der Waals surface area contributed by atoms with Gasteiger partial charge in [0.15, 0.2) is 0 Å². The predicted molar refractivity (Wildman–Crippen MR) is 80.9 cm³/mol. The van der Waals surface area contributed by atoms with E-state index in [2.05, 4.69) is 32.6 Å². The van der Waals surface area contributed by atoms with Crippen molar-refractivity contribution < 1.29 is 4.79 Å². The van der Waals surface area contributed by atoms with Gasteiger partial charge in [0.2, 0.25) is 5.91 Å². The Bertz CT molecular complexity index is 277. The molecule has 1 saturated carbocycles. The number of amides is 1. The lowest BCUT2D eigenvalue weighted by Crippen LogP contribution is -2.42. The van der Waals surface area contributed by atoms with Crippen molar-refractivity contribution in [2.24, 2.45) is 17.1 Å². The summed E-state index contributed by atoms with van der Waals surface area (Å²) in [5.74, 6) is 0.767. The van der Waals surface area contributed by atoms with E-state index in [-0.39, 0.29) is 0 Å². The first kappa shape index (κ1) is 16.5. The third-order valence-electron chi connectivity index (χ3n) is 3.94. The second-order valence-corrected chi connectivity index (χ2v) is 7.39. The summed E-state index contributed by atoms with van der Waals surface area (Å²) in [5, 5.41) is 0. The third kappa shape index (κ3) is 5.94. The maximum Gasteiger partial charge on any atom is 0.223 e. The van der Waals surface area contributed by atoms with Crippen LogP contribution in [0.25, 0.3) is 0 Å². The molecule has 0 radical (unpaired) electrons. The molecule has 3 nitrogen and oxygen atoms in total. The average Bonchev–Trinajstić information content (AvgIpc) is 2.75.